The lowest BCUT2D eigenvalue weighted by Crippen LogP contribution is -2.30. The van der Waals surface area contributed by atoms with Crippen LogP contribution in [0.4, 0.5) is 0 Å². The number of rotatable bonds is 9. The SMILES string of the molecule is Cc1cc(-c2c(C(C)C)cccc2C(C)C)ncc1-c1cccc[n+]1C.Cc1cc(-c2c(C)cccc2C)ncc1-c1cccc[n+]1C.Cc1cc(C)c(-c2cccc[n+]2C)c(C)n1.Cc1ccc(-c2cccc[n+]2C)c(C)c1.Cc1ccnc(C)c1-c1cccc[n+]1C. The molecule has 3 aromatic carbocycles. The maximum absolute atomic E-state index is 4.90. The van der Waals surface area contributed by atoms with Crippen molar-refractivity contribution in [2.24, 2.45) is 35.2 Å². The van der Waals surface area contributed by atoms with Crippen LogP contribution in [0.3, 0.4) is 0 Å². The second kappa shape index (κ2) is 32.0. The van der Waals surface area contributed by atoms with Gasteiger partial charge < -0.3 is 0 Å². The first-order valence-electron chi connectivity index (χ1n) is 32.8. The number of pyridine rings is 9. The van der Waals surface area contributed by atoms with Crippen LogP contribution in [0.1, 0.15) is 112 Å². The lowest BCUT2D eigenvalue weighted by molar-refractivity contribution is -0.660. The van der Waals surface area contributed by atoms with Crippen molar-refractivity contribution in [3.8, 4) is 78.8 Å². The molecule has 0 aliphatic rings. The summed E-state index contributed by atoms with van der Waals surface area (Å²) < 4.78 is 10.7. The predicted molar refractivity (Wildman–Crippen MR) is 388 cm³/mol. The molecule has 0 radical (unpaired) electrons. The predicted octanol–water partition coefficient (Wildman–Crippen LogP) is 17.4. The minimum absolute atomic E-state index is 0.470. The van der Waals surface area contributed by atoms with Crippen LogP contribution in [0.25, 0.3) is 78.8 Å². The number of hydrogen-bond donors (Lipinski definition) is 0. The molecule has 94 heavy (non-hydrogen) atoms. The summed E-state index contributed by atoms with van der Waals surface area (Å²) in [6.45, 7) is 32.4. The Morgan fingerprint density at radius 3 is 1.07 bits per heavy atom. The molecule has 12 rings (SSSR count). The third-order valence-electron chi connectivity index (χ3n) is 17.5. The van der Waals surface area contributed by atoms with Gasteiger partial charge in [0, 0.05) is 102 Å². The van der Waals surface area contributed by atoms with Crippen LogP contribution in [0.5, 0.6) is 0 Å². The Morgan fingerprint density at radius 2 is 0.681 bits per heavy atom. The van der Waals surface area contributed by atoms with Gasteiger partial charge in [-0.25, -0.2) is 22.8 Å². The molecule has 478 valence electrons. The fourth-order valence-corrected chi connectivity index (χ4v) is 12.6. The Morgan fingerprint density at radius 1 is 0.298 bits per heavy atom. The molecule has 0 atom stereocenters. The second-order valence-electron chi connectivity index (χ2n) is 25.6. The Bertz CT molecular complexity index is 4500. The third-order valence-corrected chi connectivity index (χ3v) is 17.5. The van der Waals surface area contributed by atoms with Crippen LogP contribution < -0.4 is 22.8 Å². The first-order chi connectivity index (χ1) is 44.9. The fraction of sp³-hybridized carbons (Fsp3) is 0.259. The fourth-order valence-electron chi connectivity index (χ4n) is 12.6. The Kier molecular flexibility index (Phi) is 23.8. The Labute approximate surface area is 561 Å². The first kappa shape index (κ1) is 69.9. The van der Waals surface area contributed by atoms with Gasteiger partial charge in [-0.15, -0.1) is 0 Å². The smallest absolute Gasteiger partial charge is 0.214 e. The van der Waals surface area contributed by atoms with E-state index in [0.717, 1.165) is 28.5 Å². The normalized spacial score (nSPS) is 10.7. The monoisotopic (exact) mass is 1240 g/mol. The van der Waals surface area contributed by atoms with Crippen molar-refractivity contribution >= 4 is 0 Å². The van der Waals surface area contributed by atoms with E-state index in [1.807, 2.05) is 49.8 Å². The quantitative estimate of drug-likeness (QED) is 0.135. The number of aromatic nitrogens is 9. The zero-order valence-electron chi connectivity index (χ0n) is 59.5. The molecule has 0 saturated carbocycles. The molecule has 0 unspecified atom stereocenters. The van der Waals surface area contributed by atoms with Gasteiger partial charge in [0.25, 0.3) is 0 Å². The molecule has 9 nitrogen and oxygen atoms in total. The Balaban J connectivity index is 0.000000154. The van der Waals surface area contributed by atoms with E-state index in [1.54, 1.807) is 0 Å². The van der Waals surface area contributed by atoms with Gasteiger partial charge in [0.1, 0.15) is 35.2 Å². The summed E-state index contributed by atoms with van der Waals surface area (Å²) in [5, 5.41) is 0. The summed E-state index contributed by atoms with van der Waals surface area (Å²) in [7, 11) is 10.3. The Hall–Kier alpha value is -9.99. The van der Waals surface area contributed by atoms with E-state index < -0.39 is 0 Å². The van der Waals surface area contributed by atoms with Crippen molar-refractivity contribution in [2.75, 3.05) is 0 Å². The molecule has 0 saturated heterocycles. The van der Waals surface area contributed by atoms with Gasteiger partial charge in [0.05, 0.1) is 45.0 Å². The van der Waals surface area contributed by atoms with Gasteiger partial charge in [0.15, 0.2) is 31.0 Å². The lowest BCUT2D eigenvalue weighted by Gasteiger charge is -2.20. The van der Waals surface area contributed by atoms with Crippen LogP contribution >= 0.6 is 0 Å². The zero-order chi connectivity index (χ0) is 67.9. The van der Waals surface area contributed by atoms with E-state index in [0.29, 0.717) is 11.8 Å². The average molecular weight is 1250 g/mol. The highest BCUT2D eigenvalue weighted by Gasteiger charge is 2.21. The van der Waals surface area contributed by atoms with Crippen LogP contribution in [-0.4, -0.2) is 19.9 Å². The van der Waals surface area contributed by atoms with Crippen molar-refractivity contribution in [3.63, 3.8) is 0 Å². The van der Waals surface area contributed by atoms with E-state index in [9.17, 15) is 0 Å². The molecule has 0 N–H and O–H groups in total. The van der Waals surface area contributed by atoms with E-state index in [-0.39, 0.29) is 0 Å². The zero-order valence-corrected chi connectivity index (χ0v) is 59.5. The maximum Gasteiger partial charge on any atom is 0.214 e. The minimum atomic E-state index is 0.470. The number of nitrogens with zero attached hydrogens (tertiary/aromatic N) is 9. The summed E-state index contributed by atoms with van der Waals surface area (Å²) in [4.78, 5) is 18.5. The van der Waals surface area contributed by atoms with E-state index in [2.05, 4.69) is 342 Å². The van der Waals surface area contributed by atoms with Crippen molar-refractivity contribution < 1.29 is 22.8 Å². The van der Waals surface area contributed by atoms with Crippen LogP contribution in [-0.2, 0) is 35.2 Å². The summed E-state index contributed by atoms with van der Waals surface area (Å²) in [5.41, 5.74) is 33.1. The molecular weight excluding hydrogens is 1150 g/mol. The van der Waals surface area contributed by atoms with Crippen LogP contribution in [0, 0.1) is 76.2 Å². The lowest BCUT2D eigenvalue weighted by atomic mass is 9.86. The molecule has 0 amide bonds. The number of hydrogen-bond acceptors (Lipinski definition) is 4. The molecule has 0 spiro atoms. The molecule has 0 fully saturated rings. The molecule has 0 bridgehead atoms. The van der Waals surface area contributed by atoms with E-state index >= 15 is 0 Å². The van der Waals surface area contributed by atoms with Crippen LogP contribution in [0.15, 0.2) is 219 Å². The molecule has 0 aliphatic heterocycles. The maximum atomic E-state index is 4.90. The van der Waals surface area contributed by atoms with Crippen molar-refractivity contribution in [1.29, 1.82) is 0 Å². The molecular formula is C85H98N9+5. The highest BCUT2D eigenvalue weighted by molar-refractivity contribution is 5.74. The highest BCUT2D eigenvalue weighted by Crippen LogP contribution is 2.37. The molecule has 9 aromatic heterocycles. The molecule has 0 aliphatic carbocycles. The standard InChI is InChI=1S/C24H29N2.C20H21N2.C14H17N2.C14H16N.C13H15N2/c1-16(2)19-10-9-11-20(17(3)4)24(19)22-14-18(5)21(15-25-22)23-12-7-8-13-26(23)6;1-14-8-7-9-15(2)20(14)18-12-16(3)17(13-21-18)19-10-5-6-11-22(19)4;1-10-9-11(2)15-12(3)14(10)13-7-5-6-8-16(13)4;1-11-7-8-13(12(2)10-11)14-6-4-5-9-15(14)3;1-10-7-8-14-11(2)13(10)12-6-4-5-9-15(12)3/h7-17H,1-6H3;5-13H,1-4H3;5-9H,1-4H3;4-10H,1-3H3;4-9H,1-3H3/q5*+1. The first-order valence-corrected chi connectivity index (χ1v) is 32.8. The van der Waals surface area contributed by atoms with Gasteiger partial charge in [0.2, 0.25) is 28.5 Å². The topological polar surface area (TPSA) is 71.0 Å². The molecule has 9 heteroatoms. The summed E-state index contributed by atoms with van der Waals surface area (Å²) in [5.74, 6) is 0.940. The minimum Gasteiger partial charge on any atom is -0.261 e. The van der Waals surface area contributed by atoms with Crippen molar-refractivity contribution in [2.45, 2.75) is 116 Å². The van der Waals surface area contributed by atoms with Crippen molar-refractivity contribution in [1.82, 2.24) is 19.9 Å². The van der Waals surface area contributed by atoms with Crippen LogP contribution in [0.2, 0.25) is 0 Å². The largest absolute Gasteiger partial charge is 0.261 e. The second-order valence-corrected chi connectivity index (χ2v) is 25.6. The van der Waals surface area contributed by atoms with Gasteiger partial charge in [-0.05, 0) is 199 Å². The van der Waals surface area contributed by atoms with Gasteiger partial charge in [-0.2, -0.15) is 0 Å². The molecule has 9 heterocycles. The summed E-state index contributed by atoms with van der Waals surface area (Å²) in [6.07, 6.45) is 16.2. The van der Waals surface area contributed by atoms with Gasteiger partial charge in [-0.3, -0.25) is 19.9 Å². The number of aryl methyl sites for hydroxylation is 16. The van der Waals surface area contributed by atoms with Crippen molar-refractivity contribution in [3.05, 3.63) is 292 Å². The average Bonchev–Trinajstić information content (AvgIpc) is 0.816. The number of benzene rings is 3. The summed E-state index contributed by atoms with van der Waals surface area (Å²) in [6, 6.07) is 59.5. The van der Waals surface area contributed by atoms with E-state index in [4.69, 9.17) is 9.97 Å². The molecule has 12 aromatic rings. The highest BCUT2D eigenvalue weighted by atomic mass is 14.9. The van der Waals surface area contributed by atoms with Gasteiger partial charge >= 0.3 is 0 Å². The van der Waals surface area contributed by atoms with E-state index in [1.165, 1.54) is 123 Å². The van der Waals surface area contributed by atoms with Gasteiger partial charge in [-0.1, -0.05) is 81.8 Å². The third kappa shape index (κ3) is 17.0. The summed E-state index contributed by atoms with van der Waals surface area (Å²) >= 11 is 0.